The second-order valence-corrected chi connectivity index (χ2v) is 25.0. The maximum Gasteiger partial charge on any atom is 0.317 e. The van der Waals surface area contributed by atoms with Gasteiger partial charge in [-0.3, -0.25) is 62.6 Å². The number of anilines is 2. The summed E-state index contributed by atoms with van der Waals surface area (Å²) in [5.41, 5.74) is 5.57. The molecule has 3 fully saturated rings. The van der Waals surface area contributed by atoms with E-state index in [1.54, 1.807) is 78.0 Å². The second-order valence-electron chi connectivity index (χ2n) is 24.7. The number of rotatable bonds is 28. The molecule has 7 aliphatic rings. The number of aliphatic carboxylic acids is 1. The molecule has 5 atom stereocenters. The van der Waals surface area contributed by atoms with E-state index in [9.17, 15) is 57.8 Å². The molecule has 0 radical (unpaired) electrons. The number of imide groups is 1. The first-order chi connectivity index (χ1) is 46.1. The van der Waals surface area contributed by atoms with E-state index in [-0.39, 0.29) is 41.4 Å². The van der Waals surface area contributed by atoms with Crippen molar-refractivity contribution in [2.45, 2.75) is 76.1 Å². The fraction of sp³-hybridized carbons (Fsp3) is 0.353. The number of phenols is 1. The lowest BCUT2D eigenvalue weighted by atomic mass is 9.35. The van der Waals surface area contributed by atoms with Crippen LogP contribution in [-0.2, 0) is 59.1 Å². The number of carboxylic acids is 1. The number of aromatic hydroxyl groups is 1. The Bertz CT molecular complexity index is 4070. The number of fused-ring (bicyclic) bond motifs is 5. The SMILES string of the molecule is COc1cc2c(cc1OCC13CC(C(=O)N4CC(CCl)c5c4cc(O)c4cccc(C)c54)(C1)C3)N=C[C@@H]1CC(c3ccc(NC(=O)C(C)OCNC(=O)CNC(=O)[C@H](Cc4ccccc4)NC(=O)CNC(=O)CNC(=O)C(CNCC(=O)O)N4C(=O)C=CC4=O)cc3)=CN1C2=O. The second kappa shape index (κ2) is 28.2. The molecule has 12 rings (SSSR count). The van der Waals surface area contributed by atoms with Gasteiger partial charge in [-0.25, -0.2) is 0 Å². The third kappa shape index (κ3) is 14.1. The molecule has 3 unspecified atom stereocenters. The number of methoxy groups -OCH3 is 1. The molecule has 27 nitrogen and oxygen atoms in total. The van der Waals surface area contributed by atoms with E-state index in [1.807, 2.05) is 42.2 Å². The van der Waals surface area contributed by atoms with Crippen LogP contribution in [0.2, 0.25) is 0 Å². The first-order valence-corrected chi connectivity index (χ1v) is 31.6. The summed E-state index contributed by atoms with van der Waals surface area (Å²) in [6.45, 7) is 0.957. The van der Waals surface area contributed by atoms with E-state index in [0.29, 0.717) is 83.6 Å². The van der Waals surface area contributed by atoms with Crippen LogP contribution in [0.3, 0.4) is 0 Å². The van der Waals surface area contributed by atoms with Crippen molar-refractivity contribution in [1.82, 2.24) is 41.7 Å². The van der Waals surface area contributed by atoms with Crippen molar-refractivity contribution < 1.29 is 77.2 Å². The molecular weight excluding hydrogens is 1260 g/mol. The Morgan fingerprint density at radius 1 is 0.792 bits per heavy atom. The Balaban J connectivity index is 0.609. The molecule has 0 saturated heterocycles. The molecule has 4 heterocycles. The molecule has 2 bridgehead atoms. The quantitative estimate of drug-likeness (QED) is 0.0197. The number of carbonyl (C=O) groups is 11. The van der Waals surface area contributed by atoms with E-state index in [4.69, 9.17) is 35.9 Å². The summed E-state index contributed by atoms with van der Waals surface area (Å²) in [4.78, 5) is 151. The Kier molecular flexibility index (Phi) is 19.7. The summed E-state index contributed by atoms with van der Waals surface area (Å²) in [7, 11) is 1.51. The predicted molar refractivity (Wildman–Crippen MR) is 349 cm³/mol. The van der Waals surface area contributed by atoms with Crippen molar-refractivity contribution >= 4 is 116 Å². The van der Waals surface area contributed by atoms with Crippen molar-refractivity contribution in [3.05, 3.63) is 137 Å². The van der Waals surface area contributed by atoms with Crippen LogP contribution in [0.15, 0.2) is 114 Å². The zero-order valence-corrected chi connectivity index (χ0v) is 53.3. The Labute approximate surface area is 555 Å². The summed E-state index contributed by atoms with van der Waals surface area (Å²) in [6, 6.07) is 23.4. The number of halogens is 1. The number of aryl methyl sites for hydroxylation is 1. The first kappa shape index (κ1) is 66.9. The number of hydrogen-bond acceptors (Lipinski definition) is 17. The number of ether oxygens (including phenoxy) is 3. The smallest absolute Gasteiger partial charge is 0.317 e. The van der Waals surface area contributed by atoms with Crippen molar-refractivity contribution in [1.29, 1.82) is 0 Å². The number of hydrogen-bond donors (Lipinski definition) is 9. The van der Waals surface area contributed by atoms with Gasteiger partial charge >= 0.3 is 5.97 Å². The molecule has 5 aromatic rings. The Morgan fingerprint density at radius 3 is 2.19 bits per heavy atom. The standard InChI is InChI=1S/C68H70ClN11O16/c1-37-8-7-11-45-51(81)22-49-61(60(37)45)42(23-69)31-79(49)66(93)68-32-67(33-68,34-68)35-95-53-21-47-46(20-52(53)94-3)65(92)78-30-41(19-44(78)24-71-47)40-12-14-43(15-13-40)76-62(89)38(2)96-36-75-55(83)27-73-63(90)48(18-39-9-5-4-6-10-39)77-56(84)28-72-54(82)26-74-64(91)50(25-70-29-59(87)88)80-57(85)16-17-58(80)86/h4-17,20-22,24,30,38,42,44,48,50,70,81H,18-19,23,25-29,31-36H2,1-3H3,(H,72,82)(H,73,90)(H,74,91)(H,75,83)(H,76,89)(H,77,84)(H,87,88)/t38?,42?,44-,48-,50?,67?,68?/m0/s1. The van der Waals surface area contributed by atoms with Crippen LogP contribution >= 0.6 is 11.6 Å². The van der Waals surface area contributed by atoms with Crippen molar-refractivity contribution in [2.24, 2.45) is 15.8 Å². The van der Waals surface area contributed by atoms with Gasteiger partial charge in [-0.1, -0.05) is 60.7 Å². The van der Waals surface area contributed by atoms with Gasteiger partial charge in [-0.15, -0.1) is 11.6 Å². The maximum atomic E-state index is 14.4. The first-order valence-electron chi connectivity index (χ1n) is 31.1. The zero-order chi connectivity index (χ0) is 68.2. The lowest BCUT2D eigenvalue weighted by Crippen LogP contribution is -2.70. The van der Waals surface area contributed by atoms with Gasteiger partial charge < -0.3 is 71.4 Å². The molecule has 3 saturated carbocycles. The summed E-state index contributed by atoms with van der Waals surface area (Å²) in [5.74, 6) is -6.49. The third-order valence-electron chi connectivity index (χ3n) is 18.0. The molecule has 500 valence electrons. The van der Waals surface area contributed by atoms with Crippen molar-refractivity contribution in [2.75, 3.05) is 75.8 Å². The van der Waals surface area contributed by atoms with Gasteiger partial charge in [0.05, 0.1) is 68.3 Å². The topological polar surface area (TPSA) is 362 Å². The molecule has 4 aliphatic heterocycles. The molecule has 0 aromatic heterocycles. The van der Waals surface area contributed by atoms with Crippen LogP contribution in [0.5, 0.6) is 17.2 Å². The lowest BCUT2D eigenvalue weighted by Gasteiger charge is -2.69. The number of phenolic OH excluding ortho intramolecular Hbond substituents is 1. The highest BCUT2D eigenvalue weighted by Crippen LogP contribution is 2.74. The number of nitrogens with one attached hydrogen (secondary N) is 7. The Morgan fingerprint density at radius 2 is 1.49 bits per heavy atom. The number of nitrogens with zero attached hydrogens (tertiary/aromatic N) is 4. The van der Waals surface area contributed by atoms with Gasteiger partial charge in [-0.05, 0) is 84.5 Å². The molecular formula is C68H70ClN11O16. The summed E-state index contributed by atoms with van der Waals surface area (Å²) < 4.78 is 17.8. The number of carbonyl (C=O) groups excluding carboxylic acids is 10. The van der Waals surface area contributed by atoms with Crippen LogP contribution in [0, 0.1) is 17.8 Å². The largest absolute Gasteiger partial charge is 0.507 e. The van der Waals surface area contributed by atoms with Gasteiger partial charge in [0.25, 0.3) is 23.6 Å². The molecule has 3 aliphatic carbocycles. The minimum atomic E-state index is -1.50. The van der Waals surface area contributed by atoms with E-state index in [2.05, 4.69) is 37.2 Å². The highest BCUT2D eigenvalue weighted by atomic mass is 35.5. The number of benzene rings is 5. The lowest BCUT2D eigenvalue weighted by molar-refractivity contribution is -0.215. The van der Waals surface area contributed by atoms with E-state index in [1.165, 1.54) is 14.0 Å². The van der Waals surface area contributed by atoms with Crippen molar-refractivity contribution in [3.63, 3.8) is 0 Å². The number of carboxylic acid groups (broad SMARTS) is 1. The molecule has 28 heteroatoms. The normalized spacial score (nSPS) is 20.3. The van der Waals surface area contributed by atoms with Crippen LogP contribution in [-0.4, -0.2) is 181 Å². The fourth-order valence-corrected chi connectivity index (χ4v) is 13.6. The van der Waals surface area contributed by atoms with Crippen LogP contribution < -0.4 is 51.6 Å². The van der Waals surface area contributed by atoms with Crippen molar-refractivity contribution in [3.8, 4) is 17.2 Å². The molecule has 10 amide bonds. The van der Waals surface area contributed by atoms with E-state index in [0.717, 1.165) is 50.9 Å². The van der Waals surface area contributed by atoms with Crippen LogP contribution in [0.1, 0.15) is 71.1 Å². The fourth-order valence-electron chi connectivity index (χ4n) is 13.3. The third-order valence-corrected chi connectivity index (χ3v) is 18.4. The molecule has 9 N–H and O–H groups in total. The maximum absolute atomic E-state index is 14.4. The van der Waals surface area contributed by atoms with Gasteiger partial charge in [0.15, 0.2) is 11.5 Å². The summed E-state index contributed by atoms with van der Waals surface area (Å²) in [5, 5.41) is 38.9. The number of alkyl halides is 1. The molecule has 96 heavy (non-hydrogen) atoms. The average molecular weight is 1330 g/mol. The summed E-state index contributed by atoms with van der Waals surface area (Å²) in [6.07, 6.45) is 6.78. The van der Waals surface area contributed by atoms with Crippen LogP contribution in [0.25, 0.3) is 16.3 Å². The average Bonchev–Trinajstić information content (AvgIpc) is 0.849. The minimum Gasteiger partial charge on any atom is -0.507 e. The molecule has 5 aromatic carbocycles. The molecule has 0 spiro atoms. The summed E-state index contributed by atoms with van der Waals surface area (Å²) >= 11 is 6.52. The highest BCUT2D eigenvalue weighted by molar-refractivity contribution is 6.19. The zero-order valence-electron chi connectivity index (χ0n) is 52.5. The Hall–Kier alpha value is -10.5. The number of aliphatic imine (C=N–C) groups is 1. The highest BCUT2D eigenvalue weighted by Gasteiger charge is 2.72. The van der Waals surface area contributed by atoms with E-state index >= 15 is 0 Å². The number of amides is 10. The van der Waals surface area contributed by atoms with Gasteiger partial charge in [0.1, 0.15) is 30.7 Å². The van der Waals surface area contributed by atoms with Gasteiger partial charge in [0, 0.05) is 90.9 Å². The van der Waals surface area contributed by atoms with Gasteiger partial charge in [0.2, 0.25) is 35.4 Å². The predicted octanol–water partition coefficient (Wildman–Crippen LogP) is 3.21. The van der Waals surface area contributed by atoms with Gasteiger partial charge in [-0.2, -0.15) is 0 Å². The van der Waals surface area contributed by atoms with E-state index < -0.39 is 116 Å². The monoisotopic (exact) mass is 1330 g/mol. The van der Waals surface area contributed by atoms with Crippen LogP contribution in [0.4, 0.5) is 17.1 Å². The minimum absolute atomic E-state index is 0.0153.